The summed E-state index contributed by atoms with van der Waals surface area (Å²) < 4.78 is 0.832. The van der Waals surface area contributed by atoms with Crippen LogP contribution < -0.4 is 4.90 Å². The fourth-order valence-electron chi connectivity index (χ4n) is 2.82. The zero-order valence-electron chi connectivity index (χ0n) is 14.2. The van der Waals surface area contributed by atoms with Crippen molar-refractivity contribution in [2.45, 2.75) is 6.92 Å². The smallest absolute Gasteiger partial charge is 0.128 e. The number of hydrogen-bond acceptors (Lipinski definition) is 4. The van der Waals surface area contributed by atoms with Crippen LogP contribution in [-0.2, 0) is 0 Å². The summed E-state index contributed by atoms with van der Waals surface area (Å²) in [5.41, 5.74) is 3.19. The lowest BCUT2D eigenvalue weighted by Gasteiger charge is -2.35. The van der Waals surface area contributed by atoms with Gasteiger partial charge in [0, 0.05) is 38.1 Å². The number of aliphatic imine (C=N–C) groups is 1. The first-order valence-corrected chi connectivity index (χ1v) is 9.33. The maximum Gasteiger partial charge on any atom is 0.128 e. The second-order valence-corrected chi connectivity index (χ2v) is 7.07. The van der Waals surface area contributed by atoms with Gasteiger partial charge in [-0.3, -0.25) is 4.99 Å². The minimum absolute atomic E-state index is 0. The van der Waals surface area contributed by atoms with Crippen molar-refractivity contribution in [2.24, 2.45) is 4.99 Å². The highest BCUT2D eigenvalue weighted by molar-refractivity contribution is 14.1. The second-order valence-electron chi connectivity index (χ2n) is 5.91. The zero-order valence-corrected chi connectivity index (χ0v) is 17.2. The topological polar surface area (TPSA) is 39.1 Å². The van der Waals surface area contributed by atoms with Crippen molar-refractivity contribution in [1.82, 2.24) is 4.90 Å². The summed E-state index contributed by atoms with van der Waals surface area (Å²) >= 11 is 2.12. The maximum absolute atomic E-state index is 9.56. The number of halogens is 2. The Morgan fingerprint density at radius 3 is 2.36 bits per heavy atom. The number of likely N-dealkylation sites (N-methyl/N-ethyl adjacent to an activating group) is 1. The quantitative estimate of drug-likeness (QED) is 0.533. The van der Waals surface area contributed by atoms with E-state index in [1.807, 2.05) is 18.3 Å². The van der Waals surface area contributed by atoms with Gasteiger partial charge in [-0.05, 0) is 77.2 Å². The Morgan fingerprint density at radius 2 is 1.76 bits per heavy atom. The molecule has 1 N–H and O–H groups in total. The van der Waals surface area contributed by atoms with Crippen LogP contribution >= 0.6 is 35.0 Å². The minimum Gasteiger partial charge on any atom is -0.507 e. The van der Waals surface area contributed by atoms with Crippen molar-refractivity contribution in [3.8, 4) is 5.75 Å². The molecule has 0 spiro atoms. The maximum atomic E-state index is 9.56. The predicted octanol–water partition coefficient (Wildman–Crippen LogP) is 4.31. The van der Waals surface area contributed by atoms with E-state index in [1.54, 1.807) is 6.07 Å². The lowest BCUT2D eigenvalue weighted by molar-refractivity contribution is 0.271. The molecule has 1 fully saturated rings. The highest BCUT2D eigenvalue weighted by atomic mass is 127. The molecule has 6 heteroatoms. The van der Waals surface area contributed by atoms with Gasteiger partial charge in [-0.1, -0.05) is 6.92 Å². The van der Waals surface area contributed by atoms with Gasteiger partial charge in [0.05, 0.1) is 9.26 Å². The Hall–Kier alpha value is -1.31. The van der Waals surface area contributed by atoms with Crippen molar-refractivity contribution >= 4 is 52.6 Å². The second kappa shape index (κ2) is 9.40. The first-order chi connectivity index (χ1) is 11.7. The number of piperazine rings is 1. The third kappa shape index (κ3) is 5.33. The van der Waals surface area contributed by atoms with E-state index in [9.17, 15) is 5.11 Å². The molecule has 0 amide bonds. The third-order valence-corrected chi connectivity index (χ3v) is 5.23. The van der Waals surface area contributed by atoms with Gasteiger partial charge >= 0.3 is 0 Å². The number of rotatable bonds is 4. The number of benzene rings is 2. The summed E-state index contributed by atoms with van der Waals surface area (Å²) in [7, 11) is 0. The Labute approximate surface area is 169 Å². The highest BCUT2D eigenvalue weighted by Gasteiger charge is 2.15. The number of aromatic hydroxyl groups is 1. The summed E-state index contributed by atoms with van der Waals surface area (Å²) in [6.07, 6.45) is 1.83. The van der Waals surface area contributed by atoms with Crippen molar-refractivity contribution in [1.29, 1.82) is 0 Å². The van der Waals surface area contributed by atoms with E-state index in [-0.39, 0.29) is 12.4 Å². The molecule has 1 saturated heterocycles. The van der Waals surface area contributed by atoms with Crippen LogP contribution in [0.25, 0.3) is 0 Å². The summed E-state index contributed by atoms with van der Waals surface area (Å²) in [6, 6.07) is 13.9. The lowest BCUT2D eigenvalue weighted by Crippen LogP contribution is -2.46. The van der Waals surface area contributed by atoms with E-state index in [0.717, 1.165) is 47.5 Å². The molecule has 1 heterocycles. The largest absolute Gasteiger partial charge is 0.507 e. The van der Waals surface area contributed by atoms with Gasteiger partial charge in [-0.25, -0.2) is 0 Å². The molecule has 134 valence electrons. The van der Waals surface area contributed by atoms with Crippen LogP contribution in [0.2, 0.25) is 0 Å². The number of phenolic OH excluding ortho intramolecular Hbond substituents is 1. The number of nitrogens with zero attached hydrogens (tertiary/aromatic N) is 3. The lowest BCUT2D eigenvalue weighted by atomic mass is 10.2. The Bertz CT molecular complexity index is 713. The molecule has 0 unspecified atom stereocenters. The molecule has 0 aromatic heterocycles. The van der Waals surface area contributed by atoms with E-state index < -0.39 is 0 Å². The normalized spacial score (nSPS) is 15.4. The number of hydrogen-bond donors (Lipinski definition) is 1. The standard InChI is InChI=1S/C19H22IN3O.ClH/c1-2-22-9-11-23(12-10-22)17-6-4-16(5-7-17)21-14-15-3-8-19(24)18(20)13-15;/h3-8,13-14,24H,2,9-12H2,1H3;1H. The van der Waals surface area contributed by atoms with Crippen LogP contribution in [0.1, 0.15) is 12.5 Å². The van der Waals surface area contributed by atoms with Crippen LogP contribution in [0.3, 0.4) is 0 Å². The van der Waals surface area contributed by atoms with Gasteiger partial charge in [0.2, 0.25) is 0 Å². The highest BCUT2D eigenvalue weighted by Crippen LogP contribution is 2.22. The van der Waals surface area contributed by atoms with Gasteiger partial charge in [-0.15, -0.1) is 12.4 Å². The summed E-state index contributed by atoms with van der Waals surface area (Å²) in [6.45, 7) is 7.80. The predicted molar refractivity (Wildman–Crippen MR) is 116 cm³/mol. The van der Waals surface area contributed by atoms with Gasteiger partial charge < -0.3 is 14.9 Å². The van der Waals surface area contributed by atoms with Gasteiger partial charge in [0.15, 0.2) is 0 Å². The van der Waals surface area contributed by atoms with E-state index >= 15 is 0 Å². The van der Waals surface area contributed by atoms with Crippen molar-refractivity contribution in [3.63, 3.8) is 0 Å². The molecule has 25 heavy (non-hydrogen) atoms. The molecular weight excluding hydrogens is 449 g/mol. The molecule has 4 nitrogen and oxygen atoms in total. The van der Waals surface area contributed by atoms with Gasteiger partial charge in [-0.2, -0.15) is 0 Å². The fraction of sp³-hybridized carbons (Fsp3) is 0.316. The monoisotopic (exact) mass is 471 g/mol. The van der Waals surface area contributed by atoms with Crippen LogP contribution in [0.4, 0.5) is 11.4 Å². The summed E-state index contributed by atoms with van der Waals surface area (Å²) in [4.78, 5) is 9.43. The molecule has 1 aliphatic heterocycles. The Kier molecular flexibility index (Phi) is 7.53. The van der Waals surface area contributed by atoms with Gasteiger partial charge in [0.25, 0.3) is 0 Å². The van der Waals surface area contributed by atoms with Crippen molar-refractivity contribution in [3.05, 3.63) is 51.6 Å². The molecule has 0 bridgehead atoms. The molecule has 0 saturated carbocycles. The van der Waals surface area contributed by atoms with E-state index in [4.69, 9.17) is 0 Å². The summed E-state index contributed by atoms with van der Waals surface area (Å²) in [5.74, 6) is 0.306. The van der Waals surface area contributed by atoms with Crippen molar-refractivity contribution in [2.75, 3.05) is 37.6 Å². The Balaban J connectivity index is 0.00000225. The Morgan fingerprint density at radius 1 is 1.08 bits per heavy atom. The van der Waals surface area contributed by atoms with E-state index in [1.165, 1.54) is 5.69 Å². The zero-order chi connectivity index (χ0) is 16.9. The molecule has 0 atom stereocenters. The summed E-state index contributed by atoms with van der Waals surface area (Å²) in [5, 5.41) is 9.56. The fourth-order valence-corrected chi connectivity index (χ4v) is 3.36. The molecule has 0 aliphatic carbocycles. The molecular formula is C19H23ClIN3O. The van der Waals surface area contributed by atoms with Crippen LogP contribution in [-0.4, -0.2) is 48.9 Å². The first kappa shape index (κ1) is 20.0. The van der Waals surface area contributed by atoms with Crippen LogP contribution in [0, 0.1) is 3.57 Å². The van der Waals surface area contributed by atoms with Gasteiger partial charge in [0.1, 0.15) is 5.75 Å². The molecule has 1 aliphatic rings. The first-order valence-electron chi connectivity index (χ1n) is 8.25. The van der Waals surface area contributed by atoms with Crippen molar-refractivity contribution < 1.29 is 5.11 Å². The molecule has 3 rings (SSSR count). The minimum atomic E-state index is 0. The SMILES string of the molecule is CCN1CCN(c2ccc(N=Cc3ccc(O)c(I)c3)cc2)CC1.Cl. The van der Waals surface area contributed by atoms with Crippen LogP contribution in [0.5, 0.6) is 5.75 Å². The van der Waals surface area contributed by atoms with Crippen LogP contribution in [0.15, 0.2) is 47.5 Å². The number of anilines is 1. The van der Waals surface area contributed by atoms with E-state index in [2.05, 4.69) is 68.6 Å². The molecule has 2 aromatic rings. The third-order valence-electron chi connectivity index (χ3n) is 4.37. The molecule has 0 radical (unpaired) electrons. The van der Waals surface area contributed by atoms with E-state index in [0.29, 0.717) is 5.75 Å². The average Bonchev–Trinajstić information content (AvgIpc) is 2.63. The molecule has 2 aromatic carbocycles. The average molecular weight is 472 g/mol. The number of phenols is 1.